The van der Waals surface area contributed by atoms with Crippen LogP contribution in [0.3, 0.4) is 0 Å². The third-order valence-electron chi connectivity index (χ3n) is 4.47. The van der Waals surface area contributed by atoms with Crippen molar-refractivity contribution in [1.29, 1.82) is 0 Å². The van der Waals surface area contributed by atoms with E-state index in [0.29, 0.717) is 24.6 Å². The zero-order valence-electron chi connectivity index (χ0n) is 16.8. The number of pyridine rings is 1. The van der Waals surface area contributed by atoms with Crippen LogP contribution in [0.2, 0.25) is 0 Å². The van der Waals surface area contributed by atoms with Crippen LogP contribution in [-0.2, 0) is 4.79 Å². The van der Waals surface area contributed by atoms with Gasteiger partial charge >= 0.3 is 6.03 Å². The molecule has 0 saturated carbocycles. The van der Waals surface area contributed by atoms with Crippen molar-refractivity contribution in [2.45, 2.75) is 25.9 Å². The van der Waals surface area contributed by atoms with Gasteiger partial charge in [-0.25, -0.2) is 4.79 Å². The lowest BCUT2D eigenvalue weighted by Crippen LogP contribution is -2.50. The predicted octanol–water partition coefficient (Wildman–Crippen LogP) is 3.38. The first-order valence-corrected chi connectivity index (χ1v) is 9.35. The van der Waals surface area contributed by atoms with Gasteiger partial charge in [0.05, 0.1) is 0 Å². The first-order chi connectivity index (χ1) is 13.8. The summed E-state index contributed by atoms with van der Waals surface area (Å²) in [4.78, 5) is 33.6. The molecule has 1 aliphatic heterocycles. The molecule has 1 aliphatic rings. The van der Waals surface area contributed by atoms with E-state index < -0.39 is 5.60 Å². The molecule has 0 unspecified atom stereocenters. The van der Waals surface area contributed by atoms with Crippen molar-refractivity contribution in [2.75, 3.05) is 13.6 Å². The van der Waals surface area contributed by atoms with E-state index in [4.69, 9.17) is 4.74 Å². The van der Waals surface area contributed by atoms with Gasteiger partial charge in [-0.15, -0.1) is 0 Å². The van der Waals surface area contributed by atoms with Crippen molar-refractivity contribution < 1.29 is 14.3 Å². The molecule has 3 amide bonds. The van der Waals surface area contributed by atoms with E-state index >= 15 is 0 Å². The minimum absolute atomic E-state index is 0.352. The molecule has 0 atom stereocenters. The zero-order chi connectivity index (χ0) is 20.9. The molecule has 0 radical (unpaired) electrons. The number of nitrogens with zero attached hydrogens (tertiary/aromatic N) is 3. The highest BCUT2D eigenvalue weighted by molar-refractivity contribution is 6.06. The summed E-state index contributed by atoms with van der Waals surface area (Å²) in [6.07, 6.45) is 7.99. The van der Waals surface area contributed by atoms with Crippen molar-refractivity contribution >= 4 is 29.9 Å². The van der Waals surface area contributed by atoms with Crippen LogP contribution in [0.4, 0.5) is 4.79 Å². The topological polar surface area (TPSA) is 83.9 Å². The fraction of sp³-hybridized carbons (Fsp3) is 0.273. The number of ether oxygens (including phenoxy) is 1. The summed E-state index contributed by atoms with van der Waals surface area (Å²) in [5, 5.41) is 2.70. The minimum atomic E-state index is -1.12. The molecule has 7 heteroatoms. The van der Waals surface area contributed by atoms with Crippen LogP contribution in [0.1, 0.15) is 31.4 Å². The van der Waals surface area contributed by atoms with Crippen LogP contribution in [0, 0.1) is 0 Å². The first kappa shape index (κ1) is 20.3. The number of carbonyl (C=O) groups excluding carboxylic acids is 2. The van der Waals surface area contributed by atoms with Gasteiger partial charge in [0.15, 0.2) is 5.60 Å². The molecule has 2 heterocycles. The highest BCUT2D eigenvalue weighted by Crippen LogP contribution is 2.20. The van der Waals surface area contributed by atoms with Crippen LogP contribution >= 0.6 is 0 Å². The van der Waals surface area contributed by atoms with Gasteiger partial charge in [-0.3, -0.25) is 9.78 Å². The number of aliphatic imine (C=N–C) groups is 1. The average molecular weight is 392 g/mol. The van der Waals surface area contributed by atoms with E-state index in [1.54, 1.807) is 33.3 Å². The number of urea groups is 1. The Labute approximate surface area is 170 Å². The number of nitrogens with one attached hydrogen (secondary N) is 1. The van der Waals surface area contributed by atoms with Crippen LogP contribution in [0.25, 0.3) is 12.2 Å². The number of benzene rings is 1. The summed E-state index contributed by atoms with van der Waals surface area (Å²) >= 11 is 0. The second-order valence-corrected chi connectivity index (χ2v) is 7.26. The largest absolute Gasteiger partial charge is 0.478 e. The van der Waals surface area contributed by atoms with Gasteiger partial charge in [0, 0.05) is 32.4 Å². The van der Waals surface area contributed by atoms with Crippen molar-refractivity contribution in [1.82, 2.24) is 15.2 Å². The number of aromatic nitrogens is 1. The maximum atomic E-state index is 12.6. The van der Waals surface area contributed by atoms with Gasteiger partial charge in [0.25, 0.3) is 5.91 Å². The van der Waals surface area contributed by atoms with Crippen LogP contribution < -0.4 is 10.1 Å². The Morgan fingerprint density at radius 1 is 1.10 bits per heavy atom. The maximum absolute atomic E-state index is 12.6. The zero-order valence-corrected chi connectivity index (χ0v) is 16.8. The molecule has 1 aromatic carbocycles. The second-order valence-electron chi connectivity index (χ2n) is 7.26. The first-order valence-electron chi connectivity index (χ1n) is 9.35. The normalized spacial score (nSPS) is 14.7. The molecule has 29 heavy (non-hydrogen) atoms. The number of rotatable bonds is 5. The van der Waals surface area contributed by atoms with E-state index in [9.17, 15) is 9.59 Å². The Hall–Kier alpha value is -3.48. The fourth-order valence-corrected chi connectivity index (χ4v) is 2.65. The van der Waals surface area contributed by atoms with Crippen molar-refractivity contribution in [3.05, 3.63) is 59.9 Å². The molecule has 7 nitrogen and oxygen atoms in total. The van der Waals surface area contributed by atoms with Gasteiger partial charge in [0.1, 0.15) is 11.6 Å². The monoisotopic (exact) mass is 392 g/mol. The number of hydrogen-bond acceptors (Lipinski definition) is 4. The molecule has 150 valence electrons. The molecule has 0 spiro atoms. The van der Waals surface area contributed by atoms with Crippen LogP contribution in [0.5, 0.6) is 5.75 Å². The maximum Gasteiger partial charge on any atom is 0.344 e. The second kappa shape index (κ2) is 8.68. The summed E-state index contributed by atoms with van der Waals surface area (Å²) in [5.74, 6) is 0.592. The van der Waals surface area contributed by atoms with Crippen molar-refractivity contribution in [3.63, 3.8) is 0 Å². The Balaban J connectivity index is 1.61. The number of amidine groups is 1. The molecular formula is C22H24N4O3. The molecule has 0 aliphatic carbocycles. The van der Waals surface area contributed by atoms with E-state index in [2.05, 4.69) is 15.3 Å². The SMILES string of the molecule is CN1CCC(NC(=O)C(C)(C)Oc2ccc(/C=C/c3ccncc3)cc2)=NC1=O. The summed E-state index contributed by atoms with van der Waals surface area (Å²) in [7, 11) is 1.67. The van der Waals surface area contributed by atoms with Crippen molar-refractivity contribution in [3.8, 4) is 5.75 Å². The Morgan fingerprint density at radius 3 is 2.34 bits per heavy atom. The summed E-state index contributed by atoms with van der Waals surface area (Å²) in [6, 6.07) is 11.0. The van der Waals surface area contributed by atoms with E-state index in [0.717, 1.165) is 11.1 Å². The molecule has 0 saturated heterocycles. The quantitative estimate of drug-likeness (QED) is 0.845. The van der Waals surface area contributed by atoms with Gasteiger partial charge in [0.2, 0.25) is 0 Å². The standard InChI is InChI=1S/C22H24N4O3/c1-22(2,20(27)24-19-12-15-26(3)21(28)25-19)29-18-8-6-16(7-9-18)4-5-17-10-13-23-14-11-17/h4-11,13-14H,12,15H2,1-3H3,(H,24,25,27,28)/b5-4+. The lowest BCUT2D eigenvalue weighted by Gasteiger charge is -2.27. The van der Waals surface area contributed by atoms with Crippen LogP contribution in [0.15, 0.2) is 53.8 Å². The molecule has 2 aromatic rings. The Kier molecular flexibility index (Phi) is 6.07. The predicted molar refractivity (Wildman–Crippen MR) is 113 cm³/mol. The highest BCUT2D eigenvalue weighted by Gasteiger charge is 2.31. The number of amides is 3. The van der Waals surface area contributed by atoms with Crippen molar-refractivity contribution in [2.24, 2.45) is 4.99 Å². The molecular weight excluding hydrogens is 368 g/mol. The fourth-order valence-electron chi connectivity index (χ4n) is 2.65. The van der Waals surface area contributed by atoms with Gasteiger partial charge < -0.3 is 15.0 Å². The molecule has 1 aromatic heterocycles. The lowest BCUT2D eigenvalue weighted by atomic mass is 10.1. The third kappa shape index (κ3) is 5.51. The summed E-state index contributed by atoms with van der Waals surface area (Å²) in [5.41, 5.74) is 0.951. The Bertz CT molecular complexity index is 934. The highest BCUT2D eigenvalue weighted by atomic mass is 16.5. The smallest absolute Gasteiger partial charge is 0.344 e. The van der Waals surface area contributed by atoms with Gasteiger partial charge in [-0.05, 0) is 49.2 Å². The molecule has 0 bridgehead atoms. The third-order valence-corrected chi connectivity index (χ3v) is 4.47. The number of hydrogen-bond donors (Lipinski definition) is 1. The summed E-state index contributed by atoms with van der Waals surface area (Å²) < 4.78 is 5.88. The molecule has 1 N–H and O–H groups in total. The molecule has 0 fully saturated rings. The molecule has 3 rings (SSSR count). The Morgan fingerprint density at radius 2 is 1.72 bits per heavy atom. The van der Waals surface area contributed by atoms with Gasteiger partial charge in [-0.2, -0.15) is 4.99 Å². The summed E-state index contributed by atoms with van der Waals surface area (Å²) in [6.45, 7) is 3.88. The van der Waals surface area contributed by atoms with E-state index in [1.807, 2.05) is 48.6 Å². The lowest BCUT2D eigenvalue weighted by molar-refractivity contribution is -0.132. The van der Waals surface area contributed by atoms with E-state index in [1.165, 1.54) is 4.90 Å². The average Bonchev–Trinajstić information content (AvgIpc) is 2.71. The number of carbonyl (C=O) groups is 2. The van der Waals surface area contributed by atoms with Crippen LogP contribution in [-0.4, -0.2) is 46.9 Å². The van der Waals surface area contributed by atoms with E-state index in [-0.39, 0.29) is 11.9 Å². The van der Waals surface area contributed by atoms with Gasteiger partial charge in [-0.1, -0.05) is 24.3 Å². The minimum Gasteiger partial charge on any atom is -0.478 e.